The third-order valence-electron chi connectivity index (χ3n) is 2.94. The Morgan fingerprint density at radius 1 is 1.17 bits per heavy atom. The molecular formula is C9H16N2O. The van der Waals surface area contributed by atoms with Gasteiger partial charge in [-0.1, -0.05) is 12.8 Å². The molecule has 0 aromatic rings. The SMILES string of the molecule is O=C1NCCNC1C1CCCC1. The Bertz CT molecular complexity index is 175. The van der Waals surface area contributed by atoms with Gasteiger partial charge in [-0.15, -0.1) is 0 Å². The number of hydrogen-bond donors (Lipinski definition) is 2. The second-order valence-corrected chi connectivity index (χ2v) is 3.77. The van der Waals surface area contributed by atoms with Crippen molar-refractivity contribution in [3.05, 3.63) is 0 Å². The molecule has 1 saturated carbocycles. The molecule has 0 aromatic heterocycles. The summed E-state index contributed by atoms with van der Waals surface area (Å²) in [4.78, 5) is 11.4. The quantitative estimate of drug-likeness (QED) is 0.590. The zero-order valence-corrected chi connectivity index (χ0v) is 7.31. The lowest BCUT2D eigenvalue weighted by Gasteiger charge is -2.27. The average Bonchev–Trinajstić information content (AvgIpc) is 2.57. The molecule has 1 amide bonds. The molecule has 2 rings (SSSR count). The van der Waals surface area contributed by atoms with Crippen molar-refractivity contribution in [3.8, 4) is 0 Å². The minimum atomic E-state index is 0.112. The lowest BCUT2D eigenvalue weighted by molar-refractivity contribution is -0.125. The molecule has 3 nitrogen and oxygen atoms in total. The number of hydrogen-bond acceptors (Lipinski definition) is 2. The average molecular weight is 168 g/mol. The van der Waals surface area contributed by atoms with E-state index >= 15 is 0 Å². The highest BCUT2D eigenvalue weighted by Crippen LogP contribution is 2.28. The van der Waals surface area contributed by atoms with Crippen LogP contribution in [0.25, 0.3) is 0 Å². The predicted octanol–water partition coefficient (Wildman–Crippen LogP) is 0.265. The molecule has 0 radical (unpaired) electrons. The fourth-order valence-electron chi connectivity index (χ4n) is 2.29. The first-order chi connectivity index (χ1) is 5.88. The van der Waals surface area contributed by atoms with Gasteiger partial charge in [-0.25, -0.2) is 0 Å². The van der Waals surface area contributed by atoms with E-state index in [0.717, 1.165) is 13.1 Å². The number of nitrogens with one attached hydrogen (secondary N) is 2. The molecule has 2 fully saturated rings. The van der Waals surface area contributed by atoms with Crippen molar-refractivity contribution in [3.63, 3.8) is 0 Å². The summed E-state index contributed by atoms with van der Waals surface area (Å²) in [5.74, 6) is 0.818. The highest BCUT2D eigenvalue weighted by Gasteiger charge is 2.31. The maximum absolute atomic E-state index is 11.4. The summed E-state index contributed by atoms with van der Waals surface area (Å²) in [7, 11) is 0. The molecule has 0 spiro atoms. The molecule has 2 N–H and O–H groups in total. The summed E-state index contributed by atoms with van der Waals surface area (Å²) >= 11 is 0. The fourth-order valence-corrected chi connectivity index (χ4v) is 2.29. The van der Waals surface area contributed by atoms with E-state index in [0.29, 0.717) is 5.92 Å². The standard InChI is InChI=1S/C9H16N2O/c12-9-8(10-5-6-11-9)7-3-1-2-4-7/h7-8,10H,1-6H2,(H,11,12). The number of piperazine rings is 1. The van der Waals surface area contributed by atoms with Gasteiger partial charge in [-0.2, -0.15) is 0 Å². The van der Waals surface area contributed by atoms with Crippen LogP contribution in [0, 0.1) is 5.92 Å². The lowest BCUT2D eigenvalue weighted by atomic mass is 9.96. The maximum atomic E-state index is 11.4. The van der Waals surface area contributed by atoms with Gasteiger partial charge in [0.2, 0.25) is 5.91 Å². The van der Waals surface area contributed by atoms with E-state index in [4.69, 9.17) is 0 Å². The van der Waals surface area contributed by atoms with Crippen molar-refractivity contribution in [2.75, 3.05) is 13.1 Å². The Morgan fingerprint density at radius 2 is 1.92 bits per heavy atom. The summed E-state index contributed by atoms with van der Waals surface area (Å²) < 4.78 is 0. The minimum absolute atomic E-state index is 0.112. The Labute approximate surface area is 72.9 Å². The van der Waals surface area contributed by atoms with Gasteiger partial charge < -0.3 is 10.6 Å². The third-order valence-corrected chi connectivity index (χ3v) is 2.94. The second-order valence-electron chi connectivity index (χ2n) is 3.77. The Balaban J connectivity index is 1.95. The molecule has 1 heterocycles. The van der Waals surface area contributed by atoms with Crippen LogP contribution in [0.3, 0.4) is 0 Å². The van der Waals surface area contributed by atoms with Crippen LogP contribution in [0.4, 0.5) is 0 Å². The first kappa shape index (κ1) is 8.05. The van der Waals surface area contributed by atoms with E-state index in [1.54, 1.807) is 0 Å². The molecule has 0 bridgehead atoms. The van der Waals surface area contributed by atoms with Crippen LogP contribution < -0.4 is 10.6 Å². The van der Waals surface area contributed by atoms with Gasteiger partial charge in [0.15, 0.2) is 0 Å². The summed E-state index contributed by atoms with van der Waals surface area (Å²) in [6, 6.07) is 0.112. The molecule has 1 saturated heterocycles. The smallest absolute Gasteiger partial charge is 0.237 e. The summed E-state index contributed by atoms with van der Waals surface area (Å²) in [5, 5.41) is 6.21. The second kappa shape index (κ2) is 3.44. The molecule has 68 valence electrons. The van der Waals surface area contributed by atoms with E-state index in [1.165, 1.54) is 25.7 Å². The Kier molecular flexibility index (Phi) is 2.30. The van der Waals surface area contributed by atoms with Crippen LogP contribution in [0.5, 0.6) is 0 Å². The van der Waals surface area contributed by atoms with Crippen molar-refractivity contribution in [1.82, 2.24) is 10.6 Å². The van der Waals surface area contributed by atoms with Crippen LogP contribution in [-0.2, 0) is 4.79 Å². The van der Waals surface area contributed by atoms with Gasteiger partial charge in [0, 0.05) is 13.1 Å². The first-order valence-corrected chi connectivity index (χ1v) is 4.89. The van der Waals surface area contributed by atoms with Gasteiger partial charge in [0.1, 0.15) is 0 Å². The molecule has 1 unspecified atom stereocenters. The molecule has 3 heteroatoms. The van der Waals surface area contributed by atoms with E-state index < -0.39 is 0 Å². The van der Waals surface area contributed by atoms with Crippen LogP contribution in [0.1, 0.15) is 25.7 Å². The highest BCUT2D eigenvalue weighted by atomic mass is 16.2. The van der Waals surface area contributed by atoms with Crippen LogP contribution in [0.15, 0.2) is 0 Å². The van der Waals surface area contributed by atoms with E-state index in [1.807, 2.05) is 0 Å². The normalized spacial score (nSPS) is 32.0. The largest absolute Gasteiger partial charge is 0.353 e. The Hall–Kier alpha value is -0.570. The highest BCUT2D eigenvalue weighted by molar-refractivity contribution is 5.82. The summed E-state index contributed by atoms with van der Waals surface area (Å²) in [6.07, 6.45) is 5.06. The van der Waals surface area contributed by atoms with Gasteiger partial charge in [-0.05, 0) is 18.8 Å². The van der Waals surface area contributed by atoms with Crippen LogP contribution in [-0.4, -0.2) is 25.0 Å². The number of carbonyl (C=O) groups excluding carboxylic acids is 1. The van der Waals surface area contributed by atoms with Crippen LogP contribution in [0.2, 0.25) is 0 Å². The molecule has 0 aromatic carbocycles. The predicted molar refractivity (Wildman–Crippen MR) is 46.8 cm³/mol. The monoisotopic (exact) mass is 168 g/mol. The Morgan fingerprint density at radius 3 is 2.58 bits per heavy atom. The zero-order chi connectivity index (χ0) is 8.39. The van der Waals surface area contributed by atoms with Gasteiger partial charge in [0.25, 0.3) is 0 Å². The molecule has 1 aliphatic heterocycles. The van der Waals surface area contributed by atoms with E-state index in [-0.39, 0.29) is 11.9 Å². The van der Waals surface area contributed by atoms with Crippen molar-refractivity contribution >= 4 is 5.91 Å². The number of rotatable bonds is 1. The van der Waals surface area contributed by atoms with Crippen LogP contribution >= 0.6 is 0 Å². The van der Waals surface area contributed by atoms with Gasteiger partial charge in [-0.3, -0.25) is 4.79 Å². The first-order valence-electron chi connectivity index (χ1n) is 4.89. The molecular weight excluding hydrogens is 152 g/mol. The summed E-state index contributed by atoms with van der Waals surface area (Å²) in [6.45, 7) is 1.73. The molecule has 12 heavy (non-hydrogen) atoms. The maximum Gasteiger partial charge on any atom is 0.237 e. The van der Waals surface area contributed by atoms with Gasteiger partial charge >= 0.3 is 0 Å². The van der Waals surface area contributed by atoms with Crippen molar-refractivity contribution in [1.29, 1.82) is 0 Å². The van der Waals surface area contributed by atoms with Crippen molar-refractivity contribution in [2.24, 2.45) is 5.92 Å². The molecule has 2 aliphatic rings. The van der Waals surface area contributed by atoms with Crippen molar-refractivity contribution < 1.29 is 4.79 Å². The minimum Gasteiger partial charge on any atom is -0.353 e. The van der Waals surface area contributed by atoms with Crippen molar-refractivity contribution in [2.45, 2.75) is 31.7 Å². The molecule has 1 aliphatic carbocycles. The summed E-state index contributed by atoms with van der Waals surface area (Å²) in [5.41, 5.74) is 0. The number of amides is 1. The number of carbonyl (C=O) groups is 1. The third kappa shape index (κ3) is 1.46. The lowest BCUT2D eigenvalue weighted by Crippen LogP contribution is -2.55. The zero-order valence-electron chi connectivity index (χ0n) is 7.31. The topological polar surface area (TPSA) is 41.1 Å². The molecule has 1 atom stereocenters. The van der Waals surface area contributed by atoms with E-state index in [9.17, 15) is 4.79 Å². The van der Waals surface area contributed by atoms with E-state index in [2.05, 4.69) is 10.6 Å². The van der Waals surface area contributed by atoms with Gasteiger partial charge in [0.05, 0.1) is 6.04 Å². The fraction of sp³-hybridized carbons (Fsp3) is 0.889.